The number of primary amides is 1. The molecule has 0 aromatic heterocycles. The van der Waals surface area contributed by atoms with Crippen molar-refractivity contribution >= 4 is 11.8 Å². The minimum absolute atomic E-state index is 0.0591. The average Bonchev–Trinajstić information content (AvgIpc) is 2.83. The fourth-order valence-electron chi connectivity index (χ4n) is 4.04. The number of hydrogen-bond donors (Lipinski definition) is 1. The third-order valence-electron chi connectivity index (χ3n) is 6.04. The van der Waals surface area contributed by atoms with Gasteiger partial charge in [-0.15, -0.1) is 0 Å². The minimum atomic E-state index is -0.456. The standard InChI is InChI=1S/C27H29N3O3/c1-19-7-8-21(25(17-19)27(32)30-15-13-29(2)14-16-30)18-33-22-11-9-20(10-12-22)23-5-3-4-6-24(23)26(28)31/h3-12,17H,13-16,18H2,1-2H3,(H2,28,31). The second-order valence-corrected chi connectivity index (χ2v) is 8.48. The van der Waals surface area contributed by atoms with Crippen molar-refractivity contribution in [2.45, 2.75) is 13.5 Å². The SMILES string of the molecule is Cc1ccc(COc2ccc(-c3ccccc3C(N)=O)cc2)c(C(=O)N2CCN(C)CC2)c1. The molecule has 0 radical (unpaired) electrons. The normalized spacial score (nSPS) is 14.2. The van der Waals surface area contributed by atoms with Gasteiger partial charge in [-0.1, -0.05) is 48.0 Å². The van der Waals surface area contributed by atoms with Crippen LogP contribution in [-0.2, 0) is 6.61 Å². The second-order valence-electron chi connectivity index (χ2n) is 8.48. The van der Waals surface area contributed by atoms with E-state index in [-0.39, 0.29) is 5.91 Å². The van der Waals surface area contributed by atoms with Crippen LogP contribution in [0.3, 0.4) is 0 Å². The summed E-state index contributed by atoms with van der Waals surface area (Å²) in [6.45, 7) is 5.53. The summed E-state index contributed by atoms with van der Waals surface area (Å²) in [6, 6.07) is 20.7. The molecule has 1 fully saturated rings. The Kier molecular flexibility index (Phi) is 6.75. The van der Waals surface area contributed by atoms with E-state index in [4.69, 9.17) is 10.5 Å². The summed E-state index contributed by atoms with van der Waals surface area (Å²) >= 11 is 0. The van der Waals surface area contributed by atoms with Gasteiger partial charge in [0.15, 0.2) is 0 Å². The van der Waals surface area contributed by atoms with E-state index in [0.29, 0.717) is 23.5 Å². The maximum Gasteiger partial charge on any atom is 0.254 e. The highest BCUT2D eigenvalue weighted by Crippen LogP contribution is 2.26. The Labute approximate surface area is 194 Å². The summed E-state index contributed by atoms with van der Waals surface area (Å²) in [4.78, 5) is 29.1. The molecule has 1 aliphatic rings. The lowest BCUT2D eigenvalue weighted by atomic mass is 9.99. The van der Waals surface area contributed by atoms with Gasteiger partial charge in [-0.3, -0.25) is 9.59 Å². The molecule has 0 atom stereocenters. The lowest BCUT2D eigenvalue weighted by Gasteiger charge is -2.33. The zero-order valence-corrected chi connectivity index (χ0v) is 19.1. The third-order valence-corrected chi connectivity index (χ3v) is 6.04. The Bertz CT molecular complexity index is 1150. The molecule has 4 rings (SSSR count). The van der Waals surface area contributed by atoms with Crippen LogP contribution in [0.25, 0.3) is 11.1 Å². The van der Waals surface area contributed by atoms with E-state index in [2.05, 4.69) is 11.9 Å². The van der Waals surface area contributed by atoms with Crippen LogP contribution >= 0.6 is 0 Å². The first kappa shape index (κ1) is 22.6. The number of carbonyl (C=O) groups excluding carboxylic acids is 2. The molecule has 0 unspecified atom stereocenters. The highest BCUT2D eigenvalue weighted by atomic mass is 16.5. The zero-order chi connectivity index (χ0) is 23.4. The van der Waals surface area contributed by atoms with E-state index in [1.165, 1.54) is 0 Å². The number of hydrogen-bond acceptors (Lipinski definition) is 4. The number of amides is 2. The fraction of sp³-hybridized carbons (Fsp3) is 0.259. The van der Waals surface area contributed by atoms with E-state index in [1.54, 1.807) is 12.1 Å². The summed E-state index contributed by atoms with van der Waals surface area (Å²) in [7, 11) is 2.07. The van der Waals surface area contributed by atoms with Crippen LogP contribution in [0.4, 0.5) is 0 Å². The summed E-state index contributed by atoms with van der Waals surface area (Å²) in [6.07, 6.45) is 0. The Morgan fingerprint density at radius 2 is 1.61 bits per heavy atom. The topological polar surface area (TPSA) is 75.9 Å². The van der Waals surface area contributed by atoms with Crippen LogP contribution in [0.2, 0.25) is 0 Å². The zero-order valence-electron chi connectivity index (χ0n) is 19.1. The number of piperazine rings is 1. The van der Waals surface area contributed by atoms with Gasteiger partial charge in [0.2, 0.25) is 5.91 Å². The smallest absolute Gasteiger partial charge is 0.254 e. The Balaban J connectivity index is 1.49. The number of ether oxygens (including phenoxy) is 1. The summed E-state index contributed by atoms with van der Waals surface area (Å²) < 4.78 is 6.03. The molecule has 6 heteroatoms. The minimum Gasteiger partial charge on any atom is -0.489 e. The predicted octanol–water partition coefficient (Wildman–Crippen LogP) is 3.73. The number of nitrogens with zero attached hydrogens (tertiary/aromatic N) is 2. The van der Waals surface area contributed by atoms with E-state index in [0.717, 1.165) is 48.4 Å². The maximum absolute atomic E-state index is 13.2. The number of carbonyl (C=O) groups is 2. The number of rotatable bonds is 6. The first-order valence-electron chi connectivity index (χ1n) is 11.1. The van der Waals surface area contributed by atoms with Crippen molar-refractivity contribution in [2.24, 2.45) is 5.73 Å². The molecule has 1 aliphatic heterocycles. The van der Waals surface area contributed by atoms with Gasteiger partial charge in [0.1, 0.15) is 12.4 Å². The lowest BCUT2D eigenvalue weighted by molar-refractivity contribution is 0.0661. The molecule has 0 spiro atoms. The third kappa shape index (κ3) is 5.23. The van der Waals surface area contributed by atoms with Gasteiger partial charge in [0, 0.05) is 42.9 Å². The fourth-order valence-corrected chi connectivity index (χ4v) is 4.04. The molecule has 170 valence electrons. The quantitative estimate of drug-likeness (QED) is 0.630. The molecular weight excluding hydrogens is 414 g/mol. The van der Waals surface area contributed by atoms with Crippen LogP contribution in [0.5, 0.6) is 5.75 Å². The van der Waals surface area contributed by atoms with Crippen molar-refractivity contribution in [2.75, 3.05) is 33.2 Å². The van der Waals surface area contributed by atoms with Crippen LogP contribution in [0.15, 0.2) is 66.7 Å². The van der Waals surface area contributed by atoms with Gasteiger partial charge in [0.05, 0.1) is 0 Å². The van der Waals surface area contributed by atoms with Gasteiger partial charge in [-0.25, -0.2) is 0 Å². The molecule has 1 heterocycles. The van der Waals surface area contributed by atoms with Crippen LogP contribution in [-0.4, -0.2) is 54.8 Å². The highest BCUT2D eigenvalue weighted by Gasteiger charge is 2.22. The molecule has 2 N–H and O–H groups in total. The van der Waals surface area contributed by atoms with Crippen molar-refractivity contribution in [3.8, 4) is 16.9 Å². The number of nitrogens with two attached hydrogens (primary N) is 1. The first-order valence-corrected chi connectivity index (χ1v) is 11.1. The Hall–Kier alpha value is -3.64. The van der Waals surface area contributed by atoms with E-state index in [9.17, 15) is 9.59 Å². The molecular formula is C27H29N3O3. The van der Waals surface area contributed by atoms with E-state index < -0.39 is 5.91 Å². The van der Waals surface area contributed by atoms with Crippen molar-refractivity contribution < 1.29 is 14.3 Å². The number of benzene rings is 3. The molecule has 0 aliphatic carbocycles. The van der Waals surface area contributed by atoms with Crippen molar-refractivity contribution in [1.82, 2.24) is 9.80 Å². The van der Waals surface area contributed by atoms with Gasteiger partial charge >= 0.3 is 0 Å². The largest absolute Gasteiger partial charge is 0.489 e. The molecule has 6 nitrogen and oxygen atoms in total. The lowest BCUT2D eigenvalue weighted by Crippen LogP contribution is -2.47. The van der Waals surface area contributed by atoms with Crippen LogP contribution in [0, 0.1) is 6.92 Å². The molecule has 3 aromatic rings. The summed E-state index contributed by atoms with van der Waals surface area (Å²) in [5.74, 6) is 0.292. The molecule has 33 heavy (non-hydrogen) atoms. The molecule has 0 bridgehead atoms. The summed E-state index contributed by atoms with van der Waals surface area (Å²) in [5.41, 5.74) is 10.3. The van der Waals surface area contributed by atoms with Gasteiger partial charge in [0.25, 0.3) is 5.91 Å². The Morgan fingerprint density at radius 1 is 0.909 bits per heavy atom. The molecule has 0 saturated carbocycles. The molecule has 2 amide bonds. The van der Waals surface area contributed by atoms with Crippen LogP contribution in [0.1, 0.15) is 31.8 Å². The van der Waals surface area contributed by atoms with Gasteiger partial charge < -0.3 is 20.3 Å². The maximum atomic E-state index is 13.2. The van der Waals surface area contributed by atoms with Crippen LogP contribution < -0.4 is 10.5 Å². The molecule has 3 aromatic carbocycles. The summed E-state index contributed by atoms with van der Waals surface area (Å²) in [5, 5.41) is 0. The number of likely N-dealkylation sites (N-methyl/N-ethyl adjacent to an activating group) is 1. The van der Waals surface area contributed by atoms with Gasteiger partial charge in [-0.05, 0) is 49.4 Å². The predicted molar refractivity (Wildman–Crippen MR) is 129 cm³/mol. The second kappa shape index (κ2) is 9.88. The average molecular weight is 444 g/mol. The van der Waals surface area contributed by atoms with Crippen molar-refractivity contribution in [1.29, 1.82) is 0 Å². The number of aryl methyl sites for hydroxylation is 1. The first-order chi connectivity index (χ1) is 15.9. The monoisotopic (exact) mass is 443 g/mol. The Morgan fingerprint density at radius 3 is 2.30 bits per heavy atom. The van der Waals surface area contributed by atoms with E-state index >= 15 is 0 Å². The van der Waals surface area contributed by atoms with Crippen molar-refractivity contribution in [3.63, 3.8) is 0 Å². The molecule has 1 saturated heterocycles. The van der Waals surface area contributed by atoms with Crippen molar-refractivity contribution in [3.05, 3.63) is 89.0 Å². The highest BCUT2D eigenvalue weighted by molar-refractivity contribution is 5.99. The van der Waals surface area contributed by atoms with E-state index in [1.807, 2.05) is 66.4 Å². The van der Waals surface area contributed by atoms with Gasteiger partial charge in [-0.2, -0.15) is 0 Å².